The van der Waals surface area contributed by atoms with E-state index in [1.54, 1.807) is 12.3 Å². The molecule has 40 heavy (non-hydrogen) atoms. The molecule has 0 bridgehead atoms. The number of nitrogens with zero attached hydrogens (tertiary/aromatic N) is 3. The molecule has 2 aromatic carbocycles. The Morgan fingerprint density at radius 3 is 2.62 bits per heavy atom. The lowest BCUT2D eigenvalue weighted by atomic mass is 10.0. The van der Waals surface area contributed by atoms with Crippen LogP contribution in [-0.2, 0) is 14.8 Å². The SMILES string of the molecule is COc1ncc(-c2ccc3nc(NCCCN4CCOCC4)ccc3c2)cc1NS(=O)(=O)c1ccc(F)cc1F. The largest absolute Gasteiger partial charge is 0.480 e. The molecule has 0 radical (unpaired) electrons. The van der Waals surface area contributed by atoms with E-state index in [0.29, 0.717) is 11.6 Å². The second-order valence-corrected chi connectivity index (χ2v) is 11.0. The van der Waals surface area contributed by atoms with E-state index < -0.39 is 26.6 Å². The number of morpholine rings is 1. The number of hydrogen-bond donors (Lipinski definition) is 2. The third-order valence-corrected chi connectivity index (χ3v) is 7.95. The van der Waals surface area contributed by atoms with Gasteiger partial charge in [-0.3, -0.25) is 9.62 Å². The highest BCUT2D eigenvalue weighted by molar-refractivity contribution is 7.92. The lowest BCUT2D eigenvalue weighted by molar-refractivity contribution is 0.0378. The summed E-state index contributed by atoms with van der Waals surface area (Å²) in [6.45, 7) is 5.36. The minimum Gasteiger partial charge on any atom is -0.480 e. The van der Waals surface area contributed by atoms with E-state index in [9.17, 15) is 17.2 Å². The lowest BCUT2D eigenvalue weighted by Gasteiger charge is -2.26. The van der Waals surface area contributed by atoms with Gasteiger partial charge < -0.3 is 14.8 Å². The molecule has 0 atom stereocenters. The highest BCUT2D eigenvalue weighted by atomic mass is 32.2. The van der Waals surface area contributed by atoms with Crippen molar-refractivity contribution in [3.05, 3.63) is 72.4 Å². The summed E-state index contributed by atoms with van der Waals surface area (Å²) in [7, 11) is -3.04. The minimum atomic E-state index is -4.38. The van der Waals surface area contributed by atoms with Crippen LogP contribution in [0.3, 0.4) is 0 Å². The molecule has 1 saturated heterocycles. The highest BCUT2D eigenvalue weighted by Crippen LogP contribution is 2.32. The van der Waals surface area contributed by atoms with E-state index in [4.69, 9.17) is 14.5 Å². The molecule has 0 aliphatic carbocycles. The number of aromatic nitrogens is 2. The van der Waals surface area contributed by atoms with Crippen LogP contribution in [0.15, 0.2) is 65.7 Å². The Bertz CT molecular complexity index is 1610. The van der Waals surface area contributed by atoms with Crippen LogP contribution in [0.25, 0.3) is 22.0 Å². The maximum Gasteiger partial charge on any atom is 0.264 e. The van der Waals surface area contributed by atoms with Crippen LogP contribution in [0.5, 0.6) is 5.88 Å². The average molecular weight is 570 g/mol. The van der Waals surface area contributed by atoms with Gasteiger partial charge in [-0.05, 0) is 61.0 Å². The zero-order valence-electron chi connectivity index (χ0n) is 21.9. The number of halogens is 2. The van der Waals surface area contributed by atoms with Crippen molar-refractivity contribution in [3.63, 3.8) is 0 Å². The molecule has 12 heteroatoms. The Morgan fingerprint density at radius 2 is 1.85 bits per heavy atom. The first-order valence-electron chi connectivity index (χ1n) is 12.8. The van der Waals surface area contributed by atoms with E-state index >= 15 is 0 Å². The molecular weight excluding hydrogens is 540 g/mol. The van der Waals surface area contributed by atoms with Crippen molar-refractivity contribution in [3.8, 4) is 17.0 Å². The number of rotatable bonds is 10. The first-order valence-corrected chi connectivity index (χ1v) is 14.3. The standard InChI is InChI=1S/C28H29F2N5O4S/c1-38-28-25(34-40(36,37)26-7-5-22(29)17-23(26)30)16-21(18-32-28)19-3-6-24-20(15-19)4-8-27(33-24)31-9-2-10-35-11-13-39-14-12-35/h3-8,15-18,34H,2,9-14H2,1H3,(H,31,33). The molecule has 5 rings (SSSR count). The van der Waals surface area contributed by atoms with Crippen molar-refractivity contribution in [2.75, 3.05) is 56.5 Å². The second-order valence-electron chi connectivity index (χ2n) is 9.30. The van der Waals surface area contributed by atoms with Crippen molar-refractivity contribution in [2.24, 2.45) is 0 Å². The van der Waals surface area contributed by atoms with E-state index in [1.165, 1.54) is 7.11 Å². The first-order chi connectivity index (χ1) is 19.3. The predicted molar refractivity (Wildman–Crippen MR) is 149 cm³/mol. The van der Waals surface area contributed by atoms with Gasteiger partial charge in [0, 0.05) is 42.8 Å². The number of fused-ring (bicyclic) bond motifs is 1. The van der Waals surface area contributed by atoms with Crippen LogP contribution in [0.4, 0.5) is 20.3 Å². The monoisotopic (exact) mass is 569 g/mol. The van der Waals surface area contributed by atoms with Crippen molar-refractivity contribution in [2.45, 2.75) is 11.3 Å². The van der Waals surface area contributed by atoms with Gasteiger partial charge in [0.15, 0.2) is 0 Å². The molecule has 4 aromatic rings. The average Bonchev–Trinajstić information content (AvgIpc) is 2.95. The van der Waals surface area contributed by atoms with Crippen LogP contribution < -0.4 is 14.8 Å². The van der Waals surface area contributed by atoms with E-state index in [1.807, 2.05) is 30.3 Å². The lowest BCUT2D eigenvalue weighted by Crippen LogP contribution is -2.37. The molecule has 1 aliphatic rings. The van der Waals surface area contributed by atoms with Gasteiger partial charge in [0.1, 0.15) is 28.0 Å². The molecular formula is C28H29F2N5O4S. The number of pyridine rings is 2. The number of sulfonamides is 1. The highest BCUT2D eigenvalue weighted by Gasteiger charge is 2.22. The third-order valence-electron chi connectivity index (χ3n) is 6.56. The van der Waals surface area contributed by atoms with Crippen molar-refractivity contribution >= 4 is 32.4 Å². The van der Waals surface area contributed by atoms with E-state index in [2.05, 4.69) is 19.9 Å². The molecule has 0 amide bonds. The molecule has 2 aromatic heterocycles. The molecule has 0 spiro atoms. The Labute approximate surface area is 231 Å². The summed E-state index contributed by atoms with van der Waals surface area (Å²) in [6.07, 6.45) is 2.55. The Kier molecular flexibility index (Phi) is 8.38. The van der Waals surface area contributed by atoms with Crippen LogP contribution in [0, 0.1) is 11.6 Å². The first kappa shape index (κ1) is 27.7. The van der Waals surface area contributed by atoms with Gasteiger partial charge in [0.05, 0.1) is 25.8 Å². The summed E-state index contributed by atoms with van der Waals surface area (Å²) in [5, 5.41) is 4.27. The number of ether oxygens (including phenoxy) is 2. The summed E-state index contributed by atoms with van der Waals surface area (Å²) in [5.41, 5.74) is 2.18. The quantitative estimate of drug-likeness (QED) is 0.269. The number of anilines is 2. The molecule has 2 N–H and O–H groups in total. The zero-order chi connectivity index (χ0) is 28.1. The molecule has 9 nitrogen and oxygen atoms in total. The topological polar surface area (TPSA) is 106 Å². The maximum absolute atomic E-state index is 14.2. The summed E-state index contributed by atoms with van der Waals surface area (Å²) in [5.74, 6) is -1.29. The Balaban J connectivity index is 1.31. The summed E-state index contributed by atoms with van der Waals surface area (Å²) >= 11 is 0. The number of hydrogen-bond acceptors (Lipinski definition) is 8. The van der Waals surface area contributed by atoms with E-state index in [0.717, 1.165) is 80.2 Å². The summed E-state index contributed by atoms with van der Waals surface area (Å²) in [4.78, 5) is 10.6. The molecule has 210 valence electrons. The normalized spacial score (nSPS) is 14.3. The second kappa shape index (κ2) is 12.1. The van der Waals surface area contributed by atoms with Crippen molar-refractivity contribution in [1.82, 2.24) is 14.9 Å². The zero-order valence-corrected chi connectivity index (χ0v) is 22.7. The fourth-order valence-electron chi connectivity index (χ4n) is 4.49. The van der Waals surface area contributed by atoms with Gasteiger partial charge in [-0.25, -0.2) is 27.2 Å². The molecule has 0 unspecified atom stereocenters. The minimum absolute atomic E-state index is 0.00152. The third kappa shape index (κ3) is 6.46. The summed E-state index contributed by atoms with van der Waals surface area (Å²) < 4.78 is 66.1. The van der Waals surface area contributed by atoms with Crippen LogP contribution in [-0.4, -0.2) is 69.8 Å². The van der Waals surface area contributed by atoms with Gasteiger partial charge in [0.25, 0.3) is 10.0 Å². The van der Waals surface area contributed by atoms with Crippen LogP contribution in [0.2, 0.25) is 0 Å². The van der Waals surface area contributed by atoms with Crippen molar-refractivity contribution < 1.29 is 26.7 Å². The molecule has 3 heterocycles. The number of benzene rings is 2. The smallest absolute Gasteiger partial charge is 0.264 e. The number of methoxy groups -OCH3 is 1. The molecule has 1 fully saturated rings. The van der Waals surface area contributed by atoms with Gasteiger partial charge in [-0.1, -0.05) is 6.07 Å². The van der Waals surface area contributed by atoms with Crippen molar-refractivity contribution in [1.29, 1.82) is 0 Å². The molecule has 1 aliphatic heterocycles. The van der Waals surface area contributed by atoms with Crippen LogP contribution in [0.1, 0.15) is 6.42 Å². The molecule has 0 saturated carbocycles. The van der Waals surface area contributed by atoms with Gasteiger partial charge in [0.2, 0.25) is 5.88 Å². The Hall–Kier alpha value is -3.87. The fourth-order valence-corrected chi connectivity index (χ4v) is 5.59. The van der Waals surface area contributed by atoms with Gasteiger partial charge in [-0.15, -0.1) is 0 Å². The van der Waals surface area contributed by atoms with Gasteiger partial charge >= 0.3 is 0 Å². The fraction of sp³-hybridized carbons (Fsp3) is 0.286. The van der Waals surface area contributed by atoms with E-state index in [-0.39, 0.29) is 11.6 Å². The predicted octanol–water partition coefficient (Wildman–Crippen LogP) is 4.52. The van der Waals surface area contributed by atoms with Gasteiger partial charge in [-0.2, -0.15) is 0 Å². The Morgan fingerprint density at radius 1 is 1.02 bits per heavy atom. The van der Waals surface area contributed by atoms with Crippen LogP contribution >= 0.6 is 0 Å². The number of nitrogens with one attached hydrogen (secondary N) is 2. The maximum atomic E-state index is 14.2. The summed E-state index contributed by atoms with van der Waals surface area (Å²) in [6, 6.07) is 13.3.